The summed E-state index contributed by atoms with van der Waals surface area (Å²) in [5.74, 6) is 0.219. The van der Waals surface area contributed by atoms with Gasteiger partial charge in [-0.15, -0.1) is 11.3 Å². The Morgan fingerprint density at radius 2 is 2.04 bits per heavy atom. The van der Waals surface area contributed by atoms with Gasteiger partial charge in [0.15, 0.2) is 0 Å². The molecule has 1 aliphatic carbocycles. The van der Waals surface area contributed by atoms with Crippen molar-refractivity contribution in [3.63, 3.8) is 0 Å². The monoisotopic (exact) mass is 343 g/mol. The van der Waals surface area contributed by atoms with Crippen molar-refractivity contribution in [3.8, 4) is 0 Å². The lowest BCUT2D eigenvalue weighted by Crippen LogP contribution is -2.35. The number of para-hydroxylation sites is 1. The van der Waals surface area contributed by atoms with Crippen molar-refractivity contribution in [1.82, 2.24) is 15.2 Å². The molecule has 1 aliphatic heterocycles. The van der Waals surface area contributed by atoms with Gasteiger partial charge in [-0.05, 0) is 44.4 Å². The second-order valence-electron chi connectivity index (χ2n) is 7.01. The molecule has 2 aromatic rings. The SMILES string of the molecule is O=C(CCN1CCCC1c1nc2ccccc2s1)NC1CCCC1. The molecular weight excluding hydrogens is 318 g/mol. The number of hydrogen-bond acceptors (Lipinski definition) is 4. The maximum absolute atomic E-state index is 12.2. The van der Waals surface area contributed by atoms with Crippen molar-refractivity contribution in [2.24, 2.45) is 0 Å². The van der Waals surface area contributed by atoms with Gasteiger partial charge in [0.1, 0.15) is 5.01 Å². The summed E-state index contributed by atoms with van der Waals surface area (Å²) >= 11 is 1.81. The Morgan fingerprint density at radius 3 is 2.88 bits per heavy atom. The molecule has 1 atom stereocenters. The Labute approximate surface area is 147 Å². The van der Waals surface area contributed by atoms with E-state index in [1.807, 2.05) is 6.07 Å². The Balaban J connectivity index is 1.36. The third-order valence-electron chi connectivity index (χ3n) is 5.31. The Bertz CT molecular complexity index is 674. The first kappa shape index (κ1) is 16.0. The standard InChI is InChI=1S/C19H25N3OS/c23-18(20-14-6-1-2-7-14)11-13-22-12-5-9-16(22)19-21-15-8-3-4-10-17(15)24-19/h3-4,8,10,14,16H,1-2,5-7,9,11-13H2,(H,20,23). The fourth-order valence-electron chi connectivity index (χ4n) is 4.02. The molecule has 1 amide bonds. The van der Waals surface area contributed by atoms with Gasteiger partial charge in [-0.25, -0.2) is 4.98 Å². The number of carbonyl (C=O) groups excluding carboxylic acids is 1. The molecule has 2 aliphatic rings. The zero-order valence-electron chi connectivity index (χ0n) is 14.0. The number of thiazole rings is 1. The van der Waals surface area contributed by atoms with Crippen molar-refractivity contribution >= 4 is 27.5 Å². The van der Waals surface area contributed by atoms with Crippen LogP contribution in [0.15, 0.2) is 24.3 Å². The van der Waals surface area contributed by atoms with E-state index in [9.17, 15) is 4.79 Å². The Kier molecular flexibility index (Phi) is 4.81. The summed E-state index contributed by atoms with van der Waals surface area (Å²) in [7, 11) is 0. The molecule has 1 aromatic heterocycles. The van der Waals surface area contributed by atoms with Crippen molar-refractivity contribution in [3.05, 3.63) is 29.3 Å². The first-order chi connectivity index (χ1) is 11.8. The first-order valence-corrected chi connectivity index (χ1v) is 10.00. The van der Waals surface area contributed by atoms with Gasteiger partial charge in [0, 0.05) is 19.0 Å². The molecular formula is C19H25N3OS. The molecule has 1 aromatic carbocycles. The van der Waals surface area contributed by atoms with Crippen LogP contribution in [0.5, 0.6) is 0 Å². The topological polar surface area (TPSA) is 45.2 Å². The minimum atomic E-state index is 0.219. The highest BCUT2D eigenvalue weighted by Crippen LogP contribution is 2.36. The van der Waals surface area contributed by atoms with E-state index < -0.39 is 0 Å². The van der Waals surface area contributed by atoms with Gasteiger partial charge < -0.3 is 5.32 Å². The lowest BCUT2D eigenvalue weighted by Gasteiger charge is -2.22. The van der Waals surface area contributed by atoms with Crippen molar-refractivity contribution in [1.29, 1.82) is 0 Å². The Morgan fingerprint density at radius 1 is 1.21 bits per heavy atom. The van der Waals surface area contributed by atoms with E-state index in [0.717, 1.165) is 37.9 Å². The summed E-state index contributed by atoms with van der Waals surface area (Å²) < 4.78 is 1.26. The second-order valence-corrected chi connectivity index (χ2v) is 8.07. The van der Waals surface area contributed by atoms with Gasteiger partial charge in [-0.3, -0.25) is 9.69 Å². The lowest BCUT2D eigenvalue weighted by molar-refractivity contribution is -0.122. The average molecular weight is 343 g/mol. The number of rotatable bonds is 5. The molecule has 1 N–H and O–H groups in total. The summed E-state index contributed by atoms with van der Waals surface area (Å²) in [5.41, 5.74) is 1.10. The van der Waals surface area contributed by atoms with E-state index >= 15 is 0 Å². The van der Waals surface area contributed by atoms with Crippen LogP contribution >= 0.6 is 11.3 Å². The van der Waals surface area contributed by atoms with Gasteiger partial charge in [0.05, 0.1) is 16.3 Å². The molecule has 0 radical (unpaired) electrons. The van der Waals surface area contributed by atoms with Crippen molar-refractivity contribution in [2.75, 3.05) is 13.1 Å². The number of nitrogens with zero attached hydrogens (tertiary/aromatic N) is 2. The molecule has 24 heavy (non-hydrogen) atoms. The van der Waals surface area contributed by atoms with E-state index in [4.69, 9.17) is 4.98 Å². The van der Waals surface area contributed by atoms with Gasteiger partial charge in [0.25, 0.3) is 0 Å². The largest absolute Gasteiger partial charge is 0.353 e. The highest BCUT2D eigenvalue weighted by atomic mass is 32.1. The maximum Gasteiger partial charge on any atom is 0.221 e. The summed E-state index contributed by atoms with van der Waals surface area (Å²) in [6, 6.07) is 9.17. The molecule has 4 nitrogen and oxygen atoms in total. The fourth-order valence-corrected chi connectivity index (χ4v) is 5.16. The van der Waals surface area contributed by atoms with Crippen LogP contribution in [0, 0.1) is 0 Å². The molecule has 1 saturated heterocycles. The van der Waals surface area contributed by atoms with Crippen LogP contribution < -0.4 is 5.32 Å². The van der Waals surface area contributed by atoms with Crippen LogP contribution in [0.3, 0.4) is 0 Å². The van der Waals surface area contributed by atoms with Crippen LogP contribution in [0.4, 0.5) is 0 Å². The zero-order valence-corrected chi connectivity index (χ0v) is 14.9. The summed E-state index contributed by atoms with van der Waals surface area (Å²) in [5, 5.41) is 4.41. The highest BCUT2D eigenvalue weighted by molar-refractivity contribution is 7.18. The molecule has 0 spiro atoms. The zero-order chi connectivity index (χ0) is 16.4. The molecule has 128 valence electrons. The van der Waals surface area contributed by atoms with E-state index in [2.05, 4.69) is 28.4 Å². The van der Waals surface area contributed by atoms with E-state index in [1.165, 1.54) is 29.0 Å². The second kappa shape index (κ2) is 7.19. The molecule has 1 unspecified atom stereocenters. The minimum absolute atomic E-state index is 0.219. The molecule has 2 heterocycles. The predicted octanol–water partition coefficient (Wildman–Crippen LogP) is 3.88. The number of aromatic nitrogens is 1. The maximum atomic E-state index is 12.2. The number of carbonyl (C=O) groups is 1. The average Bonchev–Trinajstić information content (AvgIpc) is 3.32. The third kappa shape index (κ3) is 3.47. The van der Waals surface area contributed by atoms with E-state index in [0.29, 0.717) is 18.5 Å². The van der Waals surface area contributed by atoms with Crippen LogP contribution in [0.2, 0.25) is 0 Å². The van der Waals surface area contributed by atoms with Gasteiger partial charge in [-0.1, -0.05) is 25.0 Å². The van der Waals surface area contributed by atoms with Crippen LogP contribution in [-0.4, -0.2) is 34.9 Å². The fraction of sp³-hybridized carbons (Fsp3) is 0.579. The minimum Gasteiger partial charge on any atom is -0.353 e. The van der Waals surface area contributed by atoms with E-state index in [-0.39, 0.29) is 5.91 Å². The summed E-state index contributed by atoms with van der Waals surface area (Å²) in [4.78, 5) is 19.5. The van der Waals surface area contributed by atoms with Crippen LogP contribution in [-0.2, 0) is 4.79 Å². The molecule has 4 rings (SSSR count). The number of likely N-dealkylation sites (tertiary alicyclic amines) is 1. The molecule has 0 bridgehead atoms. The lowest BCUT2D eigenvalue weighted by atomic mass is 10.2. The quantitative estimate of drug-likeness (QED) is 0.896. The third-order valence-corrected chi connectivity index (χ3v) is 6.44. The smallest absolute Gasteiger partial charge is 0.221 e. The van der Waals surface area contributed by atoms with Crippen molar-refractivity contribution in [2.45, 2.75) is 57.0 Å². The van der Waals surface area contributed by atoms with Crippen LogP contribution in [0.25, 0.3) is 10.2 Å². The number of hydrogen-bond donors (Lipinski definition) is 1. The molecule has 5 heteroatoms. The normalized spacial score (nSPS) is 22.4. The molecule has 1 saturated carbocycles. The number of amides is 1. The number of benzene rings is 1. The van der Waals surface area contributed by atoms with Gasteiger partial charge in [0.2, 0.25) is 5.91 Å². The van der Waals surface area contributed by atoms with E-state index in [1.54, 1.807) is 11.3 Å². The number of nitrogens with one attached hydrogen (secondary N) is 1. The highest BCUT2D eigenvalue weighted by Gasteiger charge is 2.29. The summed E-state index contributed by atoms with van der Waals surface area (Å²) in [6.07, 6.45) is 7.80. The van der Waals surface area contributed by atoms with Crippen molar-refractivity contribution < 1.29 is 4.79 Å². The Hall–Kier alpha value is -1.46. The van der Waals surface area contributed by atoms with Gasteiger partial charge >= 0.3 is 0 Å². The summed E-state index contributed by atoms with van der Waals surface area (Å²) in [6.45, 7) is 1.93. The van der Waals surface area contributed by atoms with Gasteiger partial charge in [-0.2, -0.15) is 0 Å². The predicted molar refractivity (Wildman–Crippen MR) is 98.2 cm³/mol. The van der Waals surface area contributed by atoms with Crippen LogP contribution in [0.1, 0.15) is 56.0 Å². The number of fused-ring (bicyclic) bond motifs is 1. The molecule has 2 fully saturated rings. The first-order valence-electron chi connectivity index (χ1n) is 9.18.